The molecule has 2 aromatic heterocycles. The summed E-state index contributed by atoms with van der Waals surface area (Å²) in [7, 11) is 1.78. The van der Waals surface area contributed by atoms with Gasteiger partial charge in [0.15, 0.2) is 0 Å². The van der Waals surface area contributed by atoms with Gasteiger partial charge in [-0.15, -0.1) is 0 Å². The van der Waals surface area contributed by atoms with E-state index in [0.717, 1.165) is 25.6 Å². The van der Waals surface area contributed by atoms with E-state index in [1.54, 1.807) is 36.3 Å². The van der Waals surface area contributed by atoms with Crippen LogP contribution in [0, 0.1) is 11.6 Å². The molecule has 5 rings (SSSR count). The average Bonchev–Trinajstić information content (AvgIpc) is 3.26. The van der Waals surface area contributed by atoms with Gasteiger partial charge in [-0.3, -0.25) is 9.48 Å². The number of benzene rings is 2. The molecule has 1 amide bonds. The third-order valence-electron chi connectivity index (χ3n) is 5.88. The normalized spacial score (nSPS) is 12.6. The van der Waals surface area contributed by atoms with Gasteiger partial charge in [0.25, 0.3) is 0 Å². The molecule has 1 fully saturated rings. The molecule has 0 spiro atoms. The lowest BCUT2D eigenvalue weighted by molar-refractivity contribution is -0.111. The Balaban J connectivity index is 1.52. The topological polar surface area (TPSA) is 100 Å². The highest BCUT2D eigenvalue weighted by Gasteiger charge is 2.20. The van der Waals surface area contributed by atoms with E-state index in [0.29, 0.717) is 28.2 Å². The molecule has 0 atom stereocenters. The van der Waals surface area contributed by atoms with Crippen LogP contribution in [-0.2, 0) is 11.8 Å². The molecule has 37 heavy (non-hydrogen) atoms. The Kier molecular flexibility index (Phi) is 6.50. The van der Waals surface area contributed by atoms with Crippen molar-refractivity contribution >= 4 is 40.4 Å². The van der Waals surface area contributed by atoms with Crippen LogP contribution in [-0.4, -0.2) is 38.7 Å². The van der Waals surface area contributed by atoms with Crippen LogP contribution in [0.1, 0.15) is 6.42 Å². The second-order valence-electron chi connectivity index (χ2n) is 8.50. The first kappa shape index (κ1) is 23.9. The zero-order chi connectivity index (χ0) is 25.9. The van der Waals surface area contributed by atoms with Gasteiger partial charge in [0.05, 0.1) is 23.3 Å². The summed E-state index contributed by atoms with van der Waals surface area (Å²) in [4.78, 5) is 22.6. The van der Waals surface area contributed by atoms with Crippen LogP contribution < -0.4 is 20.9 Å². The molecular formula is C26H24F2N8O. The summed E-state index contributed by atoms with van der Waals surface area (Å²) in [6.45, 7) is 5.06. The molecule has 0 radical (unpaired) electrons. The van der Waals surface area contributed by atoms with E-state index in [9.17, 15) is 13.6 Å². The number of aryl methyl sites for hydroxylation is 1. The van der Waals surface area contributed by atoms with Crippen molar-refractivity contribution in [2.24, 2.45) is 7.05 Å². The van der Waals surface area contributed by atoms with Crippen molar-refractivity contribution in [2.45, 2.75) is 6.42 Å². The fourth-order valence-corrected chi connectivity index (χ4v) is 3.87. The molecule has 188 valence electrons. The fraction of sp³-hybridized carbons (Fsp3) is 0.154. The van der Waals surface area contributed by atoms with Gasteiger partial charge in [-0.2, -0.15) is 10.1 Å². The number of halogens is 2. The Morgan fingerprint density at radius 3 is 2.57 bits per heavy atom. The van der Waals surface area contributed by atoms with E-state index < -0.39 is 11.7 Å². The van der Waals surface area contributed by atoms with Crippen LogP contribution in [0.15, 0.2) is 67.6 Å². The molecule has 0 bridgehead atoms. The standard InChI is InChI=1S/C26H24F2N8O/c1-3-24(37)31-17-6-7-20(27)22(12-17)33-25-19(14-29-26(34-25)32-18-13-30-35(2)15-18)16-5-8-23(21(28)11-16)36-9-4-10-36/h3,5-8,11-15H,1,4,9-10H2,2H3,(H,31,37)(H2,29,32,33,34). The highest BCUT2D eigenvalue weighted by atomic mass is 19.1. The monoisotopic (exact) mass is 502 g/mol. The Labute approximate surface area is 211 Å². The van der Waals surface area contributed by atoms with Gasteiger partial charge in [-0.25, -0.2) is 13.8 Å². The molecular weight excluding hydrogens is 478 g/mol. The van der Waals surface area contributed by atoms with Gasteiger partial charge in [0.1, 0.15) is 17.5 Å². The summed E-state index contributed by atoms with van der Waals surface area (Å²) in [5.74, 6) is -0.888. The summed E-state index contributed by atoms with van der Waals surface area (Å²) >= 11 is 0. The first-order chi connectivity index (χ1) is 17.9. The minimum Gasteiger partial charge on any atom is -0.369 e. The van der Waals surface area contributed by atoms with Crippen molar-refractivity contribution < 1.29 is 13.6 Å². The van der Waals surface area contributed by atoms with E-state index in [4.69, 9.17) is 0 Å². The minimum atomic E-state index is -0.567. The Bertz CT molecular complexity index is 1480. The number of carbonyl (C=O) groups is 1. The number of anilines is 6. The maximum atomic E-state index is 15.0. The van der Waals surface area contributed by atoms with Crippen LogP contribution in [0.5, 0.6) is 0 Å². The lowest BCUT2D eigenvalue weighted by Crippen LogP contribution is -2.37. The minimum absolute atomic E-state index is 0.0619. The number of nitrogens with zero attached hydrogens (tertiary/aromatic N) is 5. The van der Waals surface area contributed by atoms with E-state index in [2.05, 4.69) is 37.6 Å². The first-order valence-corrected chi connectivity index (χ1v) is 11.6. The van der Waals surface area contributed by atoms with Crippen LogP contribution >= 0.6 is 0 Å². The van der Waals surface area contributed by atoms with Gasteiger partial charge in [-0.1, -0.05) is 12.6 Å². The van der Waals surface area contributed by atoms with Gasteiger partial charge in [-0.05, 0) is 48.4 Å². The summed E-state index contributed by atoms with van der Waals surface area (Å²) < 4.78 is 31.4. The van der Waals surface area contributed by atoms with Gasteiger partial charge in [0.2, 0.25) is 11.9 Å². The van der Waals surface area contributed by atoms with Crippen LogP contribution in [0.3, 0.4) is 0 Å². The highest BCUT2D eigenvalue weighted by molar-refractivity contribution is 5.99. The van der Waals surface area contributed by atoms with E-state index in [1.165, 1.54) is 30.5 Å². The summed E-state index contributed by atoms with van der Waals surface area (Å²) in [6, 6.07) is 9.01. The van der Waals surface area contributed by atoms with Gasteiger partial charge < -0.3 is 20.9 Å². The quantitative estimate of drug-likeness (QED) is 0.292. The van der Waals surface area contributed by atoms with Crippen molar-refractivity contribution in [1.29, 1.82) is 0 Å². The van der Waals surface area contributed by atoms with Crippen molar-refractivity contribution in [3.05, 3.63) is 79.3 Å². The van der Waals surface area contributed by atoms with Crippen LogP contribution in [0.2, 0.25) is 0 Å². The van der Waals surface area contributed by atoms with Crippen LogP contribution in [0.25, 0.3) is 11.1 Å². The first-order valence-electron chi connectivity index (χ1n) is 11.6. The molecule has 1 aliphatic heterocycles. The molecule has 0 aliphatic carbocycles. The molecule has 11 heteroatoms. The number of amides is 1. The largest absolute Gasteiger partial charge is 0.369 e. The third-order valence-corrected chi connectivity index (χ3v) is 5.88. The highest BCUT2D eigenvalue weighted by Crippen LogP contribution is 2.34. The number of rotatable bonds is 8. The van der Waals surface area contributed by atoms with Crippen molar-refractivity contribution in [2.75, 3.05) is 33.9 Å². The van der Waals surface area contributed by atoms with Crippen molar-refractivity contribution in [3.8, 4) is 11.1 Å². The number of hydrogen-bond donors (Lipinski definition) is 3. The van der Waals surface area contributed by atoms with Gasteiger partial charge >= 0.3 is 0 Å². The van der Waals surface area contributed by atoms with E-state index in [1.807, 2.05) is 4.90 Å². The summed E-state index contributed by atoms with van der Waals surface area (Å²) in [5, 5.41) is 12.7. The maximum Gasteiger partial charge on any atom is 0.247 e. The van der Waals surface area contributed by atoms with Crippen LogP contribution in [0.4, 0.5) is 43.3 Å². The lowest BCUT2D eigenvalue weighted by Gasteiger charge is -2.33. The molecule has 1 aliphatic rings. The molecule has 3 heterocycles. The molecule has 4 aromatic rings. The predicted octanol–water partition coefficient (Wildman–Crippen LogP) is 4.98. The smallest absolute Gasteiger partial charge is 0.247 e. The molecule has 3 N–H and O–H groups in total. The molecule has 0 saturated carbocycles. The number of aromatic nitrogens is 4. The summed E-state index contributed by atoms with van der Waals surface area (Å²) in [6.07, 6.45) is 7.05. The fourth-order valence-electron chi connectivity index (χ4n) is 3.87. The molecule has 1 saturated heterocycles. The summed E-state index contributed by atoms with van der Waals surface area (Å²) in [5.41, 5.74) is 2.61. The molecule has 0 unspecified atom stereocenters. The molecule has 9 nitrogen and oxygen atoms in total. The Hall–Kier alpha value is -4.80. The SMILES string of the molecule is C=CC(=O)Nc1ccc(F)c(Nc2nc(Nc3cnn(C)c3)ncc2-c2ccc(N3CCC3)c(F)c2)c1. The average molecular weight is 503 g/mol. The van der Waals surface area contributed by atoms with E-state index in [-0.39, 0.29) is 23.3 Å². The lowest BCUT2D eigenvalue weighted by atomic mass is 10.1. The zero-order valence-corrected chi connectivity index (χ0v) is 20.0. The molecule has 2 aromatic carbocycles. The second kappa shape index (κ2) is 10.1. The van der Waals surface area contributed by atoms with Crippen molar-refractivity contribution in [1.82, 2.24) is 19.7 Å². The predicted molar refractivity (Wildman–Crippen MR) is 139 cm³/mol. The van der Waals surface area contributed by atoms with Crippen molar-refractivity contribution in [3.63, 3.8) is 0 Å². The second-order valence-corrected chi connectivity index (χ2v) is 8.50. The van der Waals surface area contributed by atoms with E-state index >= 15 is 0 Å². The number of carbonyl (C=O) groups excluding carboxylic acids is 1. The third kappa shape index (κ3) is 5.25. The van der Waals surface area contributed by atoms with Gasteiger partial charge in [0, 0.05) is 43.8 Å². The Morgan fingerprint density at radius 2 is 1.89 bits per heavy atom. The zero-order valence-electron chi connectivity index (χ0n) is 20.0. The number of nitrogens with one attached hydrogen (secondary N) is 3. The number of hydrogen-bond acceptors (Lipinski definition) is 7. The Morgan fingerprint density at radius 1 is 1.05 bits per heavy atom. The maximum absolute atomic E-state index is 15.0.